The maximum atomic E-state index is 12.5. The number of nitrogens with one attached hydrogen (secondary N) is 1. The minimum atomic E-state index is -0.452. The maximum Gasteiger partial charge on any atom is 0.270 e. The minimum absolute atomic E-state index is 0.0424. The van der Waals surface area contributed by atoms with E-state index in [1.165, 1.54) is 23.9 Å². The molecule has 1 N–H and O–H groups in total. The van der Waals surface area contributed by atoms with Crippen LogP contribution in [-0.4, -0.2) is 50.7 Å². The lowest BCUT2D eigenvalue weighted by Gasteiger charge is -2.20. The molecule has 11 heteroatoms. The molecule has 1 heterocycles. The topological polar surface area (TPSA) is 119 Å². The number of nitrogens with zero attached hydrogens (tertiary/aromatic N) is 6. The van der Waals surface area contributed by atoms with Crippen LogP contribution in [0.15, 0.2) is 89.1 Å². The first-order valence-electron chi connectivity index (χ1n) is 12.1. The van der Waals surface area contributed by atoms with Crippen LogP contribution in [0.2, 0.25) is 0 Å². The number of carbonyl (C=O) groups excluding carboxylic acids is 1. The van der Waals surface area contributed by atoms with Gasteiger partial charge in [0.15, 0.2) is 11.0 Å². The van der Waals surface area contributed by atoms with E-state index in [2.05, 4.69) is 39.5 Å². The first-order chi connectivity index (χ1) is 18.5. The van der Waals surface area contributed by atoms with Gasteiger partial charge in [0, 0.05) is 42.2 Å². The van der Waals surface area contributed by atoms with Crippen LogP contribution in [0.25, 0.3) is 17.1 Å². The highest BCUT2D eigenvalue weighted by molar-refractivity contribution is 7.99. The second-order valence-corrected chi connectivity index (χ2v) is 9.07. The summed E-state index contributed by atoms with van der Waals surface area (Å²) in [6.45, 7) is 6.09. The van der Waals surface area contributed by atoms with Crippen LogP contribution in [0.3, 0.4) is 0 Å². The summed E-state index contributed by atoms with van der Waals surface area (Å²) in [5.41, 5.74) is 5.83. The Bertz CT molecular complexity index is 1420. The largest absolute Gasteiger partial charge is 0.372 e. The van der Waals surface area contributed by atoms with E-state index in [1.807, 2.05) is 54.6 Å². The number of amides is 1. The van der Waals surface area contributed by atoms with Gasteiger partial charge in [0.05, 0.1) is 16.9 Å². The van der Waals surface area contributed by atoms with Crippen molar-refractivity contribution in [1.82, 2.24) is 20.2 Å². The molecule has 194 valence electrons. The molecule has 0 aliphatic rings. The van der Waals surface area contributed by atoms with Crippen molar-refractivity contribution in [3.05, 3.63) is 94.5 Å². The molecule has 0 atom stereocenters. The van der Waals surface area contributed by atoms with E-state index in [4.69, 9.17) is 0 Å². The third-order valence-corrected chi connectivity index (χ3v) is 6.65. The lowest BCUT2D eigenvalue weighted by atomic mass is 10.2. The lowest BCUT2D eigenvalue weighted by Crippen LogP contribution is -2.21. The van der Waals surface area contributed by atoms with Crippen molar-refractivity contribution >= 4 is 35.3 Å². The normalized spacial score (nSPS) is 11.0. The van der Waals surface area contributed by atoms with Gasteiger partial charge in [-0.05, 0) is 43.7 Å². The number of hydrazone groups is 1. The van der Waals surface area contributed by atoms with E-state index in [-0.39, 0.29) is 17.3 Å². The molecule has 3 aromatic carbocycles. The van der Waals surface area contributed by atoms with Crippen molar-refractivity contribution in [3.8, 4) is 17.1 Å². The molecule has 0 saturated heterocycles. The highest BCUT2D eigenvalue weighted by atomic mass is 32.2. The van der Waals surface area contributed by atoms with Gasteiger partial charge in [0.2, 0.25) is 0 Å². The number of para-hydroxylation sites is 1. The Hall–Kier alpha value is -4.51. The van der Waals surface area contributed by atoms with Gasteiger partial charge in [0.1, 0.15) is 0 Å². The van der Waals surface area contributed by atoms with Gasteiger partial charge in [0.25, 0.3) is 11.6 Å². The molecule has 0 bridgehead atoms. The van der Waals surface area contributed by atoms with Crippen molar-refractivity contribution in [2.45, 2.75) is 19.0 Å². The fourth-order valence-corrected chi connectivity index (χ4v) is 4.56. The number of nitro benzene ring substituents is 1. The number of rotatable bonds is 11. The molecular formula is C27H27N7O3S. The Morgan fingerprint density at radius 3 is 2.47 bits per heavy atom. The zero-order valence-corrected chi connectivity index (χ0v) is 21.8. The van der Waals surface area contributed by atoms with Crippen LogP contribution in [-0.2, 0) is 4.79 Å². The summed E-state index contributed by atoms with van der Waals surface area (Å²) in [5.74, 6) is 0.192. The molecule has 10 nitrogen and oxygen atoms in total. The van der Waals surface area contributed by atoms with Crippen LogP contribution < -0.4 is 10.3 Å². The van der Waals surface area contributed by atoms with Crippen molar-refractivity contribution in [1.29, 1.82) is 0 Å². The second-order valence-electron chi connectivity index (χ2n) is 8.13. The second kappa shape index (κ2) is 12.6. The number of non-ortho nitro benzene ring substituents is 1. The van der Waals surface area contributed by atoms with Gasteiger partial charge in [-0.15, -0.1) is 10.2 Å². The van der Waals surface area contributed by atoms with E-state index >= 15 is 0 Å². The van der Waals surface area contributed by atoms with Gasteiger partial charge in [-0.1, -0.05) is 54.2 Å². The summed E-state index contributed by atoms with van der Waals surface area (Å²) in [6, 6.07) is 23.6. The predicted octanol–water partition coefficient (Wildman–Crippen LogP) is 4.93. The highest BCUT2D eigenvalue weighted by Crippen LogP contribution is 2.29. The summed E-state index contributed by atoms with van der Waals surface area (Å²) in [4.78, 5) is 25.6. The van der Waals surface area contributed by atoms with Crippen LogP contribution in [0.5, 0.6) is 0 Å². The highest BCUT2D eigenvalue weighted by Gasteiger charge is 2.19. The van der Waals surface area contributed by atoms with E-state index in [0.29, 0.717) is 16.5 Å². The molecule has 38 heavy (non-hydrogen) atoms. The molecule has 4 aromatic rings. The summed E-state index contributed by atoms with van der Waals surface area (Å²) in [5, 5.41) is 24.4. The molecule has 0 aliphatic heterocycles. The number of aromatic nitrogens is 3. The summed E-state index contributed by atoms with van der Waals surface area (Å²) in [6.07, 6.45) is 1.60. The molecule has 0 radical (unpaired) electrons. The van der Waals surface area contributed by atoms with Gasteiger partial charge in [-0.25, -0.2) is 5.43 Å². The minimum Gasteiger partial charge on any atom is -0.372 e. The standard InChI is InChI=1S/C27H27N7O3S/c1-3-32(4-2)22-15-13-20(14-16-22)18-28-29-25(35)19-38-27-31-30-26(33(27)23-10-6-5-7-11-23)21-9-8-12-24(17-21)34(36)37/h5-18H,3-4,19H2,1-2H3,(H,29,35). The number of hydrogen-bond acceptors (Lipinski definition) is 8. The molecular weight excluding hydrogens is 502 g/mol. The fraction of sp³-hybridized carbons (Fsp3) is 0.185. The van der Waals surface area contributed by atoms with Crippen LogP contribution in [0, 0.1) is 10.1 Å². The molecule has 4 rings (SSSR count). The first kappa shape index (κ1) is 26.6. The lowest BCUT2D eigenvalue weighted by molar-refractivity contribution is -0.384. The van der Waals surface area contributed by atoms with Crippen LogP contribution >= 0.6 is 11.8 Å². The zero-order chi connectivity index (χ0) is 26.9. The van der Waals surface area contributed by atoms with E-state index in [1.54, 1.807) is 22.9 Å². The molecule has 0 fully saturated rings. The molecule has 0 unspecified atom stereocenters. The maximum absolute atomic E-state index is 12.5. The van der Waals surface area contributed by atoms with E-state index in [0.717, 1.165) is 30.0 Å². The Labute approximate surface area is 224 Å². The molecule has 0 saturated carbocycles. The number of hydrogen-bond donors (Lipinski definition) is 1. The number of anilines is 1. The number of carbonyl (C=O) groups is 1. The smallest absolute Gasteiger partial charge is 0.270 e. The molecule has 1 aromatic heterocycles. The Morgan fingerprint density at radius 2 is 1.79 bits per heavy atom. The summed E-state index contributed by atoms with van der Waals surface area (Å²) in [7, 11) is 0. The SMILES string of the molecule is CCN(CC)c1ccc(C=NNC(=O)CSc2nnc(-c3cccc([N+](=O)[O-])c3)n2-c2ccccc2)cc1. The average molecular weight is 530 g/mol. The Kier molecular flexibility index (Phi) is 8.83. The quantitative estimate of drug-likeness (QED) is 0.127. The summed E-state index contributed by atoms with van der Waals surface area (Å²) < 4.78 is 1.78. The van der Waals surface area contributed by atoms with Crippen LogP contribution in [0.1, 0.15) is 19.4 Å². The van der Waals surface area contributed by atoms with E-state index in [9.17, 15) is 14.9 Å². The number of benzene rings is 3. The fourth-order valence-electron chi connectivity index (χ4n) is 3.82. The van der Waals surface area contributed by atoms with Gasteiger partial charge >= 0.3 is 0 Å². The zero-order valence-electron chi connectivity index (χ0n) is 21.0. The Balaban J connectivity index is 1.45. The van der Waals surface area contributed by atoms with E-state index < -0.39 is 4.92 Å². The Morgan fingerprint density at radius 1 is 1.05 bits per heavy atom. The molecule has 1 amide bonds. The molecule has 0 aliphatic carbocycles. The average Bonchev–Trinajstić information content (AvgIpc) is 3.38. The van der Waals surface area contributed by atoms with Crippen molar-refractivity contribution in [2.75, 3.05) is 23.7 Å². The van der Waals surface area contributed by atoms with Gasteiger partial charge < -0.3 is 4.90 Å². The third-order valence-electron chi connectivity index (χ3n) is 5.72. The van der Waals surface area contributed by atoms with Gasteiger partial charge in [-0.3, -0.25) is 19.5 Å². The van der Waals surface area contributed by atoms with Gasteiger partial charge in [-0.2, -0.15) is 5.10 Å². The van der Waals surface area contributed by atoms with Crippen molar-refractivity contribution in [2.24, 2.45) is 5.10 Å². The third kappa shape index (κ3) is 6.43. The number of nitro groups is 1. The summed E-state index contributed by atoms with van der Waals surface area (Å²) >= 11 is 1.20. The van der Waals surface area contributed by atoms with Crippen LogP contribution in [0.4, 0.5) is 11.4 Å². The first-order valence-corrected chi connectivity index (χ1v) is 13.0. The van der Waals surface area contributed by atoms with Crippen molar-refractivity contribution in [3.63, 3.8) is 0 Å². The monoisotopic (exact) mass is 529 g/mol. The predicted molar refractivity (Wildman–Crippen MR) is 150 cm³/mol. The number of thioether (sulfide) groups is 1. The molecule has 0 spiro atoms. The van der Waals surface area contributed by atoms with Crippen molar-refractivity contribution < 1.29 is 9.72 Å².